The molecule has 0 spiro atoms. The highest BCUT2D eigenvalue weighted by Gasteiger charge is 2.17. The molecule has 5 nitrogen and oxygen atoms in total. The molecule has 0 bridgehead atoms. The number of likely N-dealkylation sites (N-methyl/N-ethyl adjacent to an activating group) is 2. The number of hydrogen-bond donors (Lipinski definition) is 1. The molecule has 0 saturated carbocycles. The van der Waals surface area contributed by atoms with E-state index in [2.05, 4.69) is 6.92 Å². The zero-order valence-corrected chi connectivity index (χ0v) is 12.1. The Morgan fingerprint density at radius 3 is 2.22 bits per heavy atom. The van der Waals surface area contributed by atoms with E-state index >= 15 is 0 Å². The summed E-state index contributed by atoms with van der Waals surface area (Å²) in [6, 6.07) is 0. The van der Waals surface area contributed by atoms with Crippen molar-refractivity contribution in [2.24, 2.45) is 11.7 Å². The van der Waals surface area contributed by atoms with Crippen LogP contribution in [0.5, 0.6) is 0 Å². The van der Waals surface area contributed by atoms with Crippen molar-refractivity contribution >= 4 is 11.8 Å². The fourth-order valence-corrected chi connectivity index (χ4v) is 1.64. The Labute approximate surface area is 110 Å². The number of rotatable bonds is 8. The number of hydrogen-bond acceptors (Lipinski definition) is 3. The number of carbonyl (C=O) groups excluding carboxylic acids is 2. The summed E-state index contributed by atoms with van der Waals surface area (Å²) in [7, 11) is 3.40. The molecule has 5 heteroatoms. The third kappa shape index (κ3) is 6.59. The summed E-state index contributed by atoms with van der Waals surface area (Å²) >= 11 is 0. The molecule has 2 N–H and O–H groups in total. The average Bonchev–Trinajstić information content (AvgIpc) is 2.32. The molecule has 0 aromatic carbocycles. The highest BCUT2D eigenvalue weighted by atomic mass is 16.2. The first kappa shape index (κ1) is 16.9. The predicted octanol–water partition coefficient (Wildman–Crippen LogP) is 0.688. The molecule has 0 aromatic heterocycles. The lowest BCUT2D eigenvalue weighted by Gasteiger charge is -2.23. The summed E-state index contributed by atoms with van der Waals surface area (Å²) in [4.78, 5) is 26.7. The van der Waals surface area contributed by atoms with Crippen LogP contribution in [-0.4, -0.2) is 55.3 Å². The van der Waals surface area contributed by atoms with E-state index in [0.29, 0.717) is 25.4 Å². The second-order valence-corrected chi connectivity index (χ2v) is 4.92. The molecule has 0 radical (unpaired) electrons. The van der Waals surface area contributed by atoms with Crippen molar-refractivity contribution in [2.45, 2.75) is 33.1 Å². The highest BCUT2D eigenvalue weighted by Crippen LogP contribution is 2.10. The van der Waals surface area contributed by atoms with Crippen molar-refractivity contribution in [3.05, 3.63) is 0 Å². The molecule has 0 heterocycles. The topological polar surface area (TPSA) is 66.6 Å². The molecular weight excluding hydrogens is 230 g/mol. The first-order valence-electron chi connectivity index (χ1n) is 6.60. The first-order chi connectivity index (χ1) is 8.42. The standard InChI is InChI=1S/C13H27N3O2/c1-5-16(10-13(18)15(3)4)12(17)7-6-11(2)8-9-14/h11H,5-10,14H2,1-4H3. The van der Waals surface area contributed by atoms with Crippen molar-refractivity contribution in [2.75, 3.05) is 33.7 Å². The maximum atomic E-state index is 12.0. The van der Waals surface area contributed by atoms with Gasteiger partial charge in [0, 0.05) is 27.1 Å². The quantitative estimate of drug-likeness (QED) is 0.695. The van der Waals surface area contributed by atoms with Crippen molar-refractivity contribution in [3.8, 4) is 0 Å². The van der Waals surface area contributed by atoms with Crippen LogP contribution in [0, 0.1) is 5.92 Å². The molecule has 0 aromatic rings. The lowest BCUT2D eigenvalue weighted by Crippen LogP contribution is -2.40. The van der Waals surface area contributed by atoms with Crippen molar-refractivity contribution in [1.29, 1.82) is 0 Å². The van der Waals surface area contributed by atoms with Gasteiger partial charge < -0.3 is 15.5 Å². The summed E-state index contributed by atoms with van der Waals surface area (Å²) in [6.07, 6.45) is 2.27. The molecule has 1 atom stereocenters. The second-order valence-electron chi connectivity index (χ2n) is 4.92. The van der Waals surface area contributed by atoms with Crippen LogP contribution in [0.1, 0.15) is 33.1 Å². The number of carbonyl (C=O) groups is 2. The second kappa shape index (κ2) is 8.91. The third-order valence-electron chi connectivity index (χ3n) is 3.07. The van der Waals surface area contributed by atoms with Gasteiger partial charge in [-0.05, 0) is 32.2 Å². The Kier molecular flexibility index (Phi) is 8.37. The number of amides is 2. The Morgan fingerprint density at radius 1 is 1.17 bits per heavy atom. The van der Waals surface area contributed by atoms with Gasteiger partial charge in [-0.2, -0.15) is 0 Å². The predicted molar refractivity (Wildman–Crippen MR) is 73.0 cm³/mol. The lowest BCUT2D eigenvalue weighted by atomic mass is 10.0. The maximum absolute atomic E-state index is 12.0. The molecule has 2 amide bonds. The van der Waals surface area contributed by atoms with Crippen LogP contribution in [0.3, 0.4) is 0 Å². The van der Waals surface area contributed by atoms with Gasteiger partial charge in [-0.1, -0.05) is 6.92 Å². The van der Waals surface area contributed by atoms with Crippen LogP contribution in [0.2, 0.25) is 0 Å². The van der Waals surface area contributed by atoms with E-state index in [1.165, 1.54) is 4.90 Å². The fourth-order valence-electron chi connectivity index (χ4n) is 1.64. The SMILES string of the molecule is CCN(CC(=O)N(C)C)C(=O)CCC(C)CCN. The Hall–Kier alpha value is -1.10. The minimum atomic E-state index is -0.0415. The highest BCUT2D eigenvalue weighted by molar-refractivity contribution is 5.84. The van der Waals surface area contributed by atoms with E-state index in [9.17, 15) is 9.59 Å². The van der Waals surface area contributed by atoms with E-state index in [0.717, 1.165) is 12.8 Å². The molecular formula is C13H27N3O2. The van der Waals surface area contributed by atoms with Gasteiger partial charge in [0.05, 0.1) is 6.54 Å². The van der Waals surface area contributed by atoms with Gasteiger partial charge in [-0.3, -0.25) is 9.59 Å². The van der Waals surface area contributed by atoms with Gasteiger partial charge in [0.15, 0.2) is 0 Å². The Bertz CT molecular complexity index is 267. The van der Waals surface area contributed by atoms with Gasteiger partial charge >= 0.3 is 0 Å². The minimum Gasteiger partial charge on any atom is -0.347 e. The smallest absolute Gasteiger partial charge is 0.241 e. The molecule has 0 aliphatic carbocycles. The van der Waals surface area contributed by atoms with Crippen LogP contribution in [-0.2, 0) is 9.59 Å². The van der Waals surface area contributed by atoms with E-state index < -0.39 is 0 Å². The van der Waals surface area contributed by atoms with Crippen molar-refractivity contribution in [3.63, 3.8) is 0 Å². The summed E-state index contributed by atoms with van der Waals surface area (Å²) in [5, 5.41) is 0. The summed E-state index contributed by atoms with van der Waals surface area (Å²) in [5.74, 6) is 0.471. The summed E-state index contributed by atoms with van der Waals surface area (Å²) in [5.41, 5.74) is 5.48. The molecule has 1 unspecified atom stereocenters. The number of nitrogens with two attached hydrogens (primary N) is 1. The van der Waals surface area contributed by atoms with Crippen LogP contribution >= 0.6 is 0 Å². The molecule has 18 heavy (non-hydrogen) atoms. The van der Waals surface area contributed by atoms with Gasteiger partial charge in [0.2, 0.25) is 11.8 Å². The molecule has 0 aliphatic rings. The minimum absolute atomic E-state index is 0.0415. The zero-order chi connectivity index (χ0) is 14.1. The van der Waals surface area contributed by atoms with Gasteiger partial charge in [0.1, 0.15) is 0 Å². The summed E-state index contributed by atoms with van der Waals surface area (Å²) < 4.78 is 0. The largest absolute Gasteiger partial charge is 0.347 e. The number of nitrogens with zero attached hydrogens (tertiary/aromatic N) is 2. The fraction of sp³-hybridized carbons (Fsp3) is 0.846. The zero-order valence-electron chi connectivity index (χ0n) is 12.1. The third-order valence-corrected chi connectivity index (χ3v) is 3.07. The van der Waals surface area contributed by atoms with Crippen LogP contribution in [0.15, 0.2) is 0 Å². The van der Waals surface area contributed by atoms with Crippen molar-refractivity contribution < 1.29 is 9.59 Å². The van der Waals surface area contributed by atoms with Crippen molar-refractivity contribution in [1.82, 2.24) is 9.80 Å². The lowest BCUT2D eigenvalue weighted by molar-refractivity contribution is -0.139. The normalized spacial score (nSPS) is 12.1. The van der Waals surface area contributed by atoms with Crippen LogP contribution < -0.4 is 5.73 Å². The molecule has 0 rings (SSSR count). The van der Waals surface area contributed by atoms with E-state index in [4.69, 9.17) is 5.73 Å². The summed E-state index contributed by atoms with van der Waals surface area (Å²) in [6.45, 7) is 5.40. The Balaban J connectivity index is 4.15. The van der Waals surface area contributed by atoms with Gasteiger partial charge in [0.25, 0.3) is 0 Å². The molecule has 0 aliphatic heterocycles. The van der Waals surface area contributed by atoms with Gasteiger partial charge in [-0.25, -0.2) is 0 Å². The van der Waals surface area contributed by atoms with E-state index in [-0.39, 0.29) is 18.4 Å². The van der Waals surface area contributed by atoms with Crippen LogP contribution in [0.25, 0.3) is 0 Å². The first-order valence-corrected chi connectivity index (χ1v) is 6.60. The average molecular weight is 257 g/mol. The molecule has 106 valence electrons. The molecule has 0 saturated heterocycles. The van der Waals surface area contributed by atoms with E-state index in [1.807, 2.05) is 6.92 Å². The maximum Gasteiger partial charge on any atom is 0.241 e. The van der Waals surface area contributed by atoms with E-state index in [1.54, 1.807) is 19.0 Å². The Morgan fingerprint density at radius 2 is 1.78 bits per heavy atom. The molecule has 0 fully saturated rings. The van der Waals surface area contributed by atoms with Gasteiger partial charge in [-0.15, -0.1) is 0 Å². The monoisotopic (exact) mass is 257 g/mol. The van der Waals surface area contributed by atoms with Crippen LogP contribution in [0.4, 0.5) is 0 Å².